The van der Waals surface area contributed by atoms with E-state index in [0.717, 1.165) is 17.3 Å². The van der Waals surface area contributed by atoms with E-state index >= 15 is 0 Å². The second-order valence-electron chi connectivity index (χ2n) is 7.18. The van der Waals surface area contributed by atoms with Gasteiger partial charge in [0.1, 0.15) is 6.61 Å². The summed E-state index contributed by atoms with van der Waals surface area (Å²) in [5.74, 6) is 0.733. The Kier molecular flexibility index (Phi) is 7.28. The molecular formula is C25H19Cl2NO4S. The number of ether oxygens (including phenoxy) is 2. The first kappa shape index (κ1) is 23.2. The molecule has 2 amide bonds. The van der Waals surface area contributed by atoms with Gasteiger partial charge in [0.25, 0.3) is 11.1 Å². The van der Waals surface area contributed by atoms with E-state index in [0.29, 0.717) is 44.2 Å². The number of nitrogens with zero attached hydrogens (tertiary/aromatic N) is 1. The lowest BCUT2D eigenvalue weighted by Crippen LogP contribution is -2.27. The summed E-state index contributed by atoms with van der Waals surface area (Å²) in [4.78, 5) is 26.8. The average molecular weight is 500 g/mol. The first-order chi connectivity index (χ1) is 15.9. The number of rotatable bonds is 7. The third-order valence-corrected chi connectivity index (χ3v) is 6.48. The third-order valence-electron chi connectivity index (χ3n) is 4.95. The van der Waals surface area contributed by atoms with E-state index in [9.17, 15) is 9.59 Å². The maximum absolute atomic E-state index is 12.8. The summed E-state index contributed by atoms with van der Waals surface area (Å²) in [6.45, 7) is 0.482. The molecule has 0 spiro atoms. The summed E-state index contributed by atoms with van der Waals surface area (Å²) in [5, 5.41) is 0.845. The van der Waals surface area contributed by atoms with Crippen LogP contribution < -0.4 is 9.47 Å². The van der Waals surface area contributed by atoms with E-state index in [-0.39, 0.29) is 17.7 Å². The summed E-state index contributed by atoms with van der Waals surface area (Å²) in [5.41, 5.74) is 2.40. The van der Waals surface area contributed by atoms with Crippen LogP contribution in [0.1, 0.15) is 16.7 Å². The van der Waals surface area contributed by atoms with Crippen molar-refractivity contribution >= 4 is 52.2 Å². The van der Waals surface area contributed by atoms with E-state index in [1.54, 1.807) is 55.7 Å². The van der Waals surface area contributed by atoms with E-state index in [1.807, 2.05) is 24.3 Å². The Morgan fingerprint density at radius 3 is 2.45 bits per heavy atom. The van der Waals surface area contributed by atoms with Crippen LogP contribution in [0.4, 0.5) is 4.79 Å². The molecule has 4 rings (SSSR count). The molecule has 1 heterocycles. The number of carbonyl (C=O) groups excluding carboxylic acids is 2. The fourth-order valence-electron chi connectivity index (χ4n) is 3.22. The molecule has 0 radical (unpaired) electrons. The molecule has 8 heteroatoms. The molecule has 0 atom stereocenters. The van der Waals surface area contributed by atoms with E-state index in [1.165, 1.54) is 4.90 Å². The Hall–Kier alpha value is -2.93. The van der Waals surface area contributed by atoms with Gasteiger partial charge in [-0.15, -0.1) is 0 Å². The number of benzene rings is 3. The minimum absolute atomic E-state index is 0.127. The quantitative estimate of drug-likeness (QED) is 0.334. The lowest BCUT2D eigenvalue weighted by Gasteiger charge is -2.13. The largest absolute Gasteiger partial charge is 0.493 e. The molecule has 1 aliphatic heterocycles. The molecule has 3 aromatic carbocycles. The van der Waals surface area contributed by atoms with Crippen LogP contribution in [0.5, 0.6) is 11.5 Å². The average Bonchev–Trinajstić information content (AvgIpc) is 3.07. The molecule has 0 unspecified atom stereocenters. The van der Waals surface area contributed by atoms with Crippen molar-refractivity contribution in [1.29, 1.82) is 0 Å². The van der Waals surface area contributed by atoms with Gasteiger partial charge in [-0.25, -0.2) is 0 Å². The molecule has 0 N–H and O–H groups in total. The molecule has 0 aromatic heterocycles. The molecule has 0 aliphatic carbocycles. The SMILES string of the molecule is COc1cc(/C=C2\SC(=O)N(Cc3ccccc3Cl)C2=O)ccc1OCc1ccc(Cl)cc1. The topological polar surface area (TPSA) is 55.8 Å². The highest BCUT2D eigenvalue weighted by atomic mass is 35.5. The predicted octanol–water partition coefficient (Wildman–Crippen LogP) is 6.82. The zero-order chi connectivity index (χ0) is 23.4. The fraction of sp³-hybridized carbons (Fsp3) is 0.120. The third kappa shape index (κ3) is 5.53. The minimum atomic E-state index is -0.355. The Morgan fingerprint density at radius 2 is 1.73 bits per heavy atom. The number of hydrogen-bond acceptors (Lipinski definition) is 5. The van der Waals surface area contributed by atoms with Gasteiger partial charge >= 0.3 is 0 Å². The first-order valence-corrected chi connectivity index (χ1v) is 11.6. The maximum Gasteiger partial charge on any atom is 0.293 e. The van der Waals surface area contributed by atoms with Crippen molar-refractivity contribution in [1.82, 2.24) is 4.90 Å². The Balaban J connectivity index is 1.49. The second-order valence-corrected chi connectivity index (χ2v) is 9.02. The number of halogens is 2. The van der Waals surface area contributed by atoms with Gasteiger partial charge in [0.2, 0.25) is 0 Å². The van der Waals surface area contributed by atoms with Crippen LogP contribution in [-0.2, 0) is 17.9 Å². The summed E-state index contributed by atoms with van der Waals surface area (Å²) < 4.78 is 11.3. The highest BCUT2D eigenvalue weighted by Crippen LogP contribution is 2.36. The number of thioether (sulfide) groups is 1. The predicted molar refractivity (Wildman–Crippen MR) is 132 cm³/mol. The second kappa shape index (κ2) is 10.3. The molecule has 0 saturated carbocycles. The van der Waals surface area contributed by atoms with Gasteiger partial charge in [-0.3, -0.25) is 14.5 Å². The number of methoxy groups -OCH3 is 1. The number of amides is 2. The Labute approximate surface area is 205 Å². The lowest BCUT2D eigenvalue weighted by molar-refractivity contribution is -0.123. The van der Waals surface area contributed by atoms with Crippen molar-refractivity contribution in [3.63, 3.8) is 0 Å². The van der Waals surface area contributed by atoms with Gasteiger partial charge < -0.3 is 9.47 Å². The van der Waals surface area contributed by atoms with Crippen molar-refractivity contribution in [2.45, 2.75) is 13.2 Å². The molecule has 5 nitrogen and oxygen atoms in total. The van der Waals surface area contributed by atoms with Crippen molar-refractivity contribution in [2.75, 3.05) is 7.11 Å². The van der Waals surface area contributed by atoms with Gasteiger partial charge in [-0.2, -0.15) is 0 Å². The molecule has 1 fully saturated rings. The lowest BCUT2D eigenvalue weighted by atomic mass is 10.1. The summed E-state index contributed by atoms with van der Waals surface area (Å²) in [7, 11) is 1.55. The first-order valence-electron chi connectivity index (χ1n) is 9.98. The summed E-state index contributed by atoms with van der Waals surface area (Å²) in [6.07, 6.45) is 1.67. The molecular weight excluding hydrogens is 481 g/mol. The van der Waals surface area contributed by atoms with Crippen molar-refractivity contribution < 1.29 is 19.1 Å². The van der Waals surface area contributed by atoms with Crippen LogP contribution in [0.3, 0.4) is 0 Å². The number of imide groups is 1. The normalized spacial score (nSPS) is 14.8. The van der Waals surface area contributed by atoms with Gasteiger partial charge in [0, 0.05) is 10.0 Å². The summed E-state index contributed by atoms with van der Waals surface area (Å²) in [6, 6.07) is 19.9. The van der Waals surface area contributed by atoms with Gasteiger partial charge in [0.05, 0.1) is 18.6 Å². The van der Waals surface area contributed by atoms with Crippen molar-refractivity contribution in [3.8, 4) is 11.5 Å². The Bertz CT molecular complexity index is 1230. The zero-order valence-electron chi connectivity index (χ0n) is 17.6. The van der Waals surface area contributed by atoms with Gasteiger partial charge in [-0.05, 0) is 64.9 Å². The van der Waals surface area contributed by atoms with Crippen LogP contribution in [0, 0.1) is 0 Å². The minimum Gasteiger partial charge on any atom is -0.493 e. The zero-order valence-corrected chi connectivity index (χ0v) is 19.9. The van der Waals surface area contributed by atoms with Crippen LogP contribution >= 0.6 is 35.0 Å². The molecule has 0 bridgehead atoms. The van der Waals surface area contributed by atoms with Crippen LogP contribution in [0.25, 0.3) is 6.08 Å². The van der Waals surface area contributed by atoms with Crippen molar-refractivity contribution in [3.05, 3.63) is 98.4 Å². The van der Waals surface area contributed by atoms with E-state index < -0.39 is 0 Å². The smallest absolute Gasteiger partial charge is 0.293 e. The monoisotopic (exact) mass is 499 g/mol. The Morgan fingerprint density at radius 1 is 0.970 bits per heavy atom. The highest BCUT2D eigenvalue weighted by molar-refractivity contribution is 8.18. The van der Waals surface area contributed by atoms with Crippen LogP contribution in [0.15, 0.2) is 71.6 Å². The highest BCUT2D eigenvalue weighted by Gasteiger charge is 2.35. The van der Waals surface area contributed by atoms with Gasteiger partial charge in [-0.1, -0.05) is 59.6 Å². The fourth-order valence-corrected chi connectivity index (χ4v) is 4.38. The molecule has 1 aliphatic rings. The van der Waals surface area contributed by atoms with Gasteiger partial charge in [0.15, 0.2) is 11.5 Å². The molecule has 168 valence electrons. The van der Waals surface area contributed by atoms with E-state index in [2.05, 4.69) is 0 Å². The molecule has 3 aromatic rings. The number of hydrogen-bond donors (Lipinski definition) is 0. The number of carbonyl (C=O) groups is 2. The molecule has 33 heavy (non-hydrogen) atoms. The maximum atomic E-state index is 12.8. The van der Waals surface area contributed by atoms with E-state index in [4.69, 9.17) is 32.7 Å². The van der Waals surface area contributed by atoms with Crippen LogP contribution in [-0.4, -0.2) is 23.2 Å². The van der Waals surface area contributed by atoms with Crippen molar-refractivity contribution in [2.24, 2.45) is 0 Å². The summed E-state index contributed by atoms with van der Waals surface area (Å²) >= 11 is 13.0. The molecule has 1 saturated heterocycles. The standard InChI is InChI=1S/C25H19Cl2NO4S/c1-31-22-12-17(8-11-21(22)32-15-16-6-9-19(26)10-7-16)13-23-24(29)28(25(30)33-23)14-18-4-2-3-5-20(18)27/h2-13H,14-15H2,1H3/b23-13-. The van der Waals surface area contributed by atoms with Crippen LogP contribution in [0.2, 0.25) is 10.0 Å².